The SMILES string of the molecule is O=C(Cn1nc2ccccn2c1=O)N1CCSc2ccccc21. The minimum Gasteiger partial charge on any atom is -0.309 e. The molecule has 0 N–H and O–H groups in total. The van der Waals surface area contributed by atoms with Gasteiger partial charge in [-0.3, -0.25) is 9.20 Å². The zero-order chi connectivity index (χ0) is 15.8. The molecule has 4 rings (SSSR count). The van der Waals surface area contributed by atoms with Gasteiger partial charge in [-0.2, -0.15) is 0 Å². The molecular weight excluding hydrogens is 312 g/mol. The summed E-state index contributed by atoms with van der Waals surface area (Å²) >= 11 is 1.74. The van der Waals surface area contributed by atoms with Crippen molar-refractivity contribution in [2.75, 3.05) is 17.2 Å². The first-order valence-electron chi connectivity index (χ1n) is 7.30. The summed E-state index contributed by atoms with van der Waals surface area (Å²) in [5.41, 5.74) is 1.15. The number of pyridine rings is 1. The van der Waals surface area contributed by atoms with Crippen LogP contribution in [0.5, 0.6) is 0 Å². The number of nitrogens with zero attached hydrogens (tertiary/aromatic N) is 4. The molecule has 0 saturated heterocycles. The monoisotopic (exact) mass is 326 g/mol. The summed E-state index contributed by atoms with van der Waals surface area (Å²) in [7, 11) is 0. The number of hydrogen-bond donors (Lipinski definition) is 0. The van der Waals surface area contributed by atoms with Gasteiger partial charge in [0, 0.05) is 23.4 Å². The van der Waals surface area contributed by atoms with Gasteiger partial charge in [0.2, 0.25) is 5.91 Å². The first-order valence-corrected chi connectivity index (χ1v) is 8.29. The average Bonchev–Trinajstić information content (AvgIpc) is 2.90. The van der Waals surface area contributed by atoms with Crippen LogP contribution >= 0.6 is 11.8 Å². The van der Waals surface area contributed by atoms with Gasteiger partial charge in [-0.25, -0.2) is 9.48 Å². The Morgan fingerprint density at radius 1 is 1.17 bits per heavy atom. The Hall–Kier alpha value is -2.54. The summed E-state index contributed by atoms with van der Waals surface area (Å²) in [6.45, 7) is 0.585. The lowest BCUT2D eigenvalue weighted by molar-refractivity contribution is -0.119. The third-order valence-electron chi connectivity index (χ3n) is 3.80. The summed E-state index contributed by atoms with van der Waals surface area (Å²) in [5.74, 6) is 0.728. The number of carbonyl (C=O) groups excluding carboxylic acids is 1. The summed E-state index contributed by atoms with van der Waals surface area (Å²) in [5, 5.41) is 4.22. The molecule has 0 aliphatic carbocycles. The van der Waals surface area contributed by atoms with E-state index in [1.54, 1.807) is 35.0 Å². The van der Waals surface area contributed by atoms with Crippen molar-refractivity contribution in [1.29, 1.82) is 0 Å². The Morgan fingerprint density at radius 3 is 2.87 bits per heavy atom. The van der Waals surface area contributed by atoms with Crippen LogP contribution in [0.25, 0.3) is 5.65 Å². The highest BCUT2D eigenvalue weighted by Gasteiger charge is 2.23. The van der Waals surface area contributed by atoms with Crippen molar-refractivity contribution in [1.82, 2.24) is 14.2 Å². The standard InChI is InChI=1S/C16H14N4O2S/c21-15(18-9-10-23-13-6-2-1-5-12(13)18)11-20-16(22)19-8-4-3-7-14(19)17-20/h1-8H,9-11H2. The molecule has 7 heteroatoms. The Labute approximate surface area is 136 Å². The molecule has 3 aromatic rings. The molecule has 0 spiro atoms. The Balaban J connectivity index is 1.66. The number of carbonyl (C=O) groups is 1. The van der Waals surface area contributed by atoms with E-state index in [-0.39, 0.29) is 18.1 Å². The normalized spacial score (nSPS) is 14.0. The number of rotatable bonds is 2. The maximum atomic E-state index is 12.7. The second kappa shape index (κ2) is 5.58. The maximum Gasteiger partial charge on any atom is 0.350 e. The van der Waals surface area contributed by atoms with Crippen LogP contribution in [0.1, 0.15) is 0 Å². The zero-order valence-electron chi connectivity index (χ0n) is 12.3. The second-order valence-electron chi connectivity index (χ2n) is 5.23. The fourth-order valence-electron chi connectivity index (χ4n) is 2.71. The molecule has 1 aliphatic heterocycles. The molecular formula is C16H14N4O2S. The van der Waals surface area contributed by atoms with Crippen LogP contribution in [0.15, 0.2) is 58.4 Å². The molecule has 3 heterocycles. The third-order valence-corrected chi connectivity index (χ3v) is 4.85. The first kappa shape index (κ1) is 14.1. The molecule has 0 saturated carbocycles. The molecule has 0 unspecified atom stereocenters. The van der Waals surface area contributed by atoms with E-state index in [0.717, 1.165) is 16.3 Å². The van der Waals surface area contributed by atoms with Crippen molar-refractivity contribution < 1.29 is 4.79 Å². The quantitative estimate of drug-likeness (QED) is 0.718. The van der Waals surface area contributed by atoms with Crippen LogP contribution < -0.4 is 10.6 Å². The number of benzene rings is 1. The molecule has 116 valence electrons. The fourth-order valence-corrected chi connectivity index (χ4v) is 3.71. The summed E-state index contributed by atoms with van der Waals surface area (Å²) < 4.78 is 2.66. The van der Waals surface area contributed by atoms with E-state index in [9.17, 15) is 9.59 Å². The lowest BCUT2D eigenvalue weighted by Crippen LogP contribution is -2.39. The number of aromatic nitrogens is 3. The van der Waals surface area contributed by atoms with Crippen LogP contribution in [-0.2, 0) is 11.3 Å². The summed E-state index contributed by atoms with van der Waals surface area (Å²) in [6.07, 6.45) is 1.65. The van der Waals surface area contributed by atoms with E-state index < -0.39 is 0 Å². The van der Waals surface area contributed by atoms with Crippen molar-refractivity contribution in [3.8, 4) is 0 Å². The molecule has 1 aliphatic rings. The highest BCUT2D eigenvalue weighted by Crippen LogP contribution is 2.34. The van der Waals surface area contributed by atoms with Gasteiger partial charge < -0.3 is 4.90 Å². The third kappa shape index (κ3) is 2.43. The highest BCUT2D eigenvalue weighted by molar-refractivity contribution is 7.99. The second-order valence-corrected chi connectivity index (χ2v) is 6.37. The fraction of sp³-hybridized carbons (Fsp3) is 0.188. The van der Waals surface area contributed by atoms with E-state index in [4.69, 9.17) is 0 Å². The molecule has 0 fully saturated rings. The van der Waals surface area contributed by atoms with E-state index in [1.807, 2.05) is 30.3 Å². The maximum absolute atomic E-state index is 12.7. The van der Waals surface area contributed by atoms with Gasteiger partial charge in [0.05, 0.1) is 5.69 Å². The summed E-state index contributed by atoms with van der Waals surface area (Å²) in [6, 6.07) is 13.2. The van der Waals surface area contributed by atoms with Crippen LogP contribution in [0.2, 0.25) is 0 Å². The first-order chi connectivity index (χ1) is 11.2. The van der Waals surface area contributed by atoms with Crippen LogP contribution in [0.3, 0.4) is 0 Å². The number of thioether (sulfide) groups is 1. The predicted octanol–water partition coefficient (Wildman–Crippen LogP) is 1.63. The van der Waals surface area contributed by atoms with Crippen LogP contribution in [0, 0.1) is 0 Å². The lowest BCUT2D eigenvalue weighted by atomic mass is 10.2. The highest BCUT2D eigenvalue weighted by atomic mass is 32.2. The van der Waals surface area contributed by atoms with Crippen LogP contribution in [0.4, 0.5) is 5.69 Å². The Kier molecular flexibility index (Phi) is 3.42. The summed E-state index contributed by atoms with van der Waals surface area (Å²) in [4.78, 5) is 27.8. The molecule has 6 nitrogen and oxygen atoms in total. The zero-order valence-corrected chi connectivity index (χ0v) is 13.1. The van der Waals surface area contributed by atoms with Gasteiger partial charge >= 0.3 is 5.69 Å². The van der Waals surface area contributed by atoms with Gasteiger partial charge in [0.15, 0.2) is 5.65 Å². The number of fused-ring (bicyclic) bond motifs is 2. The number of anilines is 1. The molecule has 0 atom stereocenters. The van der Waals surface area contributed by atoms with E-state index in [1.165, 1.54) is 9.08 Å². The van der Waals surface area contributed by atoms with Crippen molar-refractivity contribution in [2.24, 2.45) is 0 Å². The minimum absolute atomic E-state index is 0.0560. The number of amides is 1. The van der Waals surface area contributed by atoms with Crippen molar-refractivity contribution in [3.05, 3.63) is 59.1 Å². The van der Waals surface area contributed by atoms with Gasteiger partial charge in [-0.1, -0.05) is 18.2 Å². The van der Waals surface area contributed by atoms with E-state index in [0.29, 0.717) is 12.2 Å². The molecule has 0 radical (unpaired) electrons. The van der Waals surface area contributed by atoms with E-state index in [2.05, 4.69) is 5.10 Å². The molecule has 1 amide bonds. The molecule has 0 bridgehead atoms. The molecule has 2 aromatic heterocycles. The van der Waals surface area contributed by atoms with Crippen molar-refractivity contribution >= 4 is 29.0 Å². The average molecular weight is 326 g/mol. The Morgan fingerprint density at radius 2 is 2.00 bits per heavy atom. The number of hydrogen-bond acceptors (Lipinski definition) is 4. The minimum atomic E-state index is -0.298. The lowest BCUT2D eigenvalue weighted by Gasteiger charge is -2.28. The number of para-hydroxylation sites is 1. The Bertz CT molecular complexity index is 946. The van der Waals surface area contributed by atoms with Gasteiger partial charge in [0.25, 0.3) is 0 Å². The van der Waals surface area contributed by atoms with Crippen molar-refractivity contribution in [3.63, 3.8) is 0 Å². The molecule has 1 aromatic carbocycles. The van der Waals surface area contributed by atoms with Gasteiger partial charge in [0.1, 0.15) is 6.54 Å². The van der Waals surface area contributed by atoms with Gasteiger partial charge in [-0.05, 0) is 24.3 Å². The predicted molar refractivity (Wildman–Crippen MR) is 89.0 cm³/mol. The van der Waals surface area contributed by atoms with Crippen LogP contribution in [-0.4, -0.2) is 32.4 Å². The largest absolute Gasteiger partial charge is 0.350 e. The van der Waals surface area contributed by atoms with Gasteiger partial charge in [-0.15, -0.1) is 16.9 Å². The topological polar surface area (TPSA) is 59.6 Å². The smallest absolute Gasteiger partial charge is 0.309 e. The van der Waals surface area contributed by atoms with Crippen molar-refractivity contribution in [2.45, 2.75) is 11.4 Å². The van der Waals surface area contributed by atoms with E-state index >= 15 is 0 Å². The molecule has 23 heavy (non-hydrogen) atoms.